The highest BCUT2D eigenvalue weighted by molar-refractivity contribution is 5.85. The molecule has 0 aromatic rings. The van der Waals surface area contributed by atoms with E-state index in [1.165, 1.54) is 32.8 Å². The molecule has 0 radical (unpaired) electrons. The normalized spacial score (nSPS) is 47.0. The van der Waals surface area contributed by atoms with Crippen LogP contribution in [0.4, 0.5) is 0 Å². The SMILES string of the molecule is COC(=O)[C@]1(C)CN=N[C@@H]1CC[C@H](C)[C@@H]1CC[C@]2(C)C3=CC[C@@H]4C(C)(C)C(=O)CC[C@]4(C)[C@@H]3CC[C@@]12C. The van der Waals surface area contributed by atoms with E-state index in [4.69, 9.17) is 4.74 Å². The first-order valence-corrected chi connectivity index (χ1v) is 14.9. The second-order valence-electron chi connectivity index (χ2n) is 15.0. The van der Waals surface area contributed by atoms with Gasteiger partial charge in [0.2, 0.25) is 0 Å². The Bertz CT molecular complexity index is 1030. The van der Waals surface area contributed by atoms with Crippen molar-refractivity contribution in [1.29, 1.82) is 0 Å². The van der Waals surface area contributed by atoms with Gasteiger partial charge in [0.15, 0.2) is 0 Å². The molecule has 0 saturated heterocycles. The van der Waals surface area contributed by atoms with Crippen molar-refractivity contribution in [3.05, 3.63) is 11.6 Å². The van der Waals surface area contributed by atoms with Crippen LogP contribution in [0.25, 0.3) is 0 Å². The highest BCUT2D eigenvalue weighted by Crippen LogP contribution is 2.73. The van der Waals surface area contributed by atoms with Gasteiger partial charge in [-0.05, 0) is 98.2 Å². The molecule has 4 aliphatic carbocycles. The van der Waals surface area contributed by atoms with Gasteiger partial charge in [-0.25, -0.2) is 0 Å². The van der Waals surface area contributed by atoms with Gasteiger partial charge in [-0.3, -0.25) is 9.59 Å². The zero-order chi connectivity index (χ0) is 27.0. The predicted octanol–water partition coefficient (Wildman–Crippen LogP) is 7.59. The van der Waals surface area contributed by atoms with Gasteiger partial charge >= 0.3 is 5.97 Å². The van der Waals surface area contributed by atoms with Gasteiger partial charge in [0.25, 0.3) is 0 Å². The quantitative estimate of drug-likeness (QED) is 0.283. The Morgan fingerprint density at radius 3 is 2.54 bits per heavy atom. The number of esters is 1. The van der Waals surface area contributed by atoms with Crippen LogP contribution in [0.1, 0.15) is 106 Å². The van der Waals surface area contributed by atoms with Crippen molar-refractivity contribution in [2.75, 3.05) is 13.7 Å². The second kappa shape index (κ2) is 8.74. The van der Waals surface area contributed by atoms with E-state index in [0.717, 1.165) is 32.1 Å². The summed E-state index contributed by atoms with van der Waals surface area (Å²) in [6, 6.07) is -0.0750. The lowest BCUT2D eigenvalue weighted by atomic mass is 9.41. The summed E-state index contributed by atoms with van der Waals surface area (Å²) in [4.78, 5) is 25.4. The van der Waals surface area contributed by atoms with Crippen LogP contribution in [0.5, 0.6) is 0 Å². The first-order chi connectivity index (χ1) is 17.3. The Balaban J connectivity index is 1.35. The molecule has 5 heteroatoms. The maximum absolute atomic E-state index is 12.9. The summed E-state index contributed by atoms with van der Waals surface area (Å²) in [5.74, 6) is 2.63. The summed E-state index contributed by atoms with van der Waals surface area (Å²) in [7, 11) is 1.47. The molecule has 5 nitrogen and oxygen atoms in total. The Morgan fingerprint density at radius 1 is 1.11 bits per heavy atom. The van der Waals surface area contributed by atoms with Crippen molar-refractivity contribution >= 4 is 11.8 Å². The van der Waals surface area contributed by atoms with Crippen LogP contribution in [-0.2, 0) is 14.3 Å². The van der Waals surface area contributed by atoms with Gasteiger partial charge in [0.05, 0.1) is 19.7 Å². The third kappa shape index (κ3) is 3.60. The molecule has 5 rings (SSSR count). The molecule has 1 heterocycles. The largest absolute Gasteiger partial charge is 0.468 e. The van der Waals surface area contributed by atoms with E-state index in [9.17, 15) is 9.59 Å². The monoisotopic (exact) mass is 510 g/mol. The van der Waals surface area contributed by atoms with Crippen LogP contribution in [-0.4, -0.2) is 31.4 Å². The molecule has 5 aliphatic rings. The van der Waals surface area contributed by atoms with Gasteiger partial charge in [0, 0.05) is 11.8 Å². The molecule has 0 aromatic carbocycles. The molecule has 37 heavy (non-hydrogen) atoms. The van der Waals surface area contributed by atoms with Crippen LogP contribution >= 0.6 is 0 Å². The molecule has 0 aromatic heterocycles. The molecule has 0 spiro atoms. The molecule has 206 valence electrons. The molecule has 0 N–H and O–H groups in total. The molecule has 1 aliphatic heterocycles. The predicted molar refractivity (Wildman–Crippen MR) is 146 cm³/mol. The number of fused-ring (bicyclic) bond motifs is 5. The number of rotatable bonds is 5. The zero-order valence-corrected chi connectivity index (χ0v) is 24.7. The summed E-state index contributed by atoms with van der Waals surface area (Å²) >= 11 is 0. The minimum atomic E-state index is -0.616. The van der Waals surface area contributed by atoms with Crippen molar-refractivity contribution < 1.29 is 14.3 Å². The lowest BCUT2D eigenvalue weighted by Gasteiger charge is -2.63. The average molecular weight is 511 g/mol. The van der Waals surface area contributed by atoms with Crippen molar-refractivity contribution in [3.63, 3.8) is 0 Å². The van der Waals surface area contributed by atoms with Gasteiger partial charge in [0.1, 0.15) is 11.2 Å². The molecule has 9 atom stereocenters. The smallest absolute Gasteiger partial charge is 0.315 e. The van der Waals surface area contributed by atoms with Crippen LogP contribution in [0.2, 0.25) is 0 Å². The zero-order valence-electron chi connectivity index (χ0n) is 24.7. The second-order valence-corrected chi connectivity index (χ2v) is 15.0. The molecule has 0 amide bonds. The summed E-state index contributed by atoms with van der Waals surface area (Å²) in [6.45, 7) is 17.0. The number of carbonyl (C=O) groups is 2. The molecule has 3 saturated carbocycles. The maximum Gasteiger partial charge on any atom is 0.315 e. The van der Waals surface area contributed by atoms with E-state index in [2.05, 4.69) is 57.8 Å². The lowest BCUT2D eigenvalue weighted by Crippen LogP contribution is -2.57. The summed E-state index contributed by atoms with van der Waals surface area (Å²) in [5.41, 5.74) is 1.68. The standard InChI is InChI=1S/C32H50N2O3/c1-20(9-12-25-30(5,19-33-34-25)27(36)37-8)21-13-17-32(7)23-10-11-24-28(2,3)26(35)15-16-29(24,4)22(23)14-18-31(21,32)6/h10,20-22,24-25H,9,11-19H2,1-8H3/t20-,21-,22+,24+,25+,29+,30+,31-,32+/m0/s1. The minimum absolute atomic E-state index is 0.0750. The fraction of sp³-hybridized carbons (Fsp3) is 0.875. The number of carbonyl (C=O) groups excluding carboxylic acids is 2. The number of ether oxygens (including phenoxy) is 1. The van der Waals surface area contributed by atoms with E-state index < -0.39 is 5.41 Å². The number of hydrogen-bond acceptors (Lipinski definition) is 5. The highest BCUT2D eigenvalue weighted by Gasteiger charge is 2.65. The average Bonchev–Trinajstić information content (AvgIpc) is 3.37. The van der Waals surface area contributed by atoms with E-state index in [1.54, 1.807) is 5.57 Å². The fourth-order valence-corrected chi connectivity index (χ4v) is 10.4. The number of ketones is 1. The van der Waals surface area contributed by atoms with Crippen LogP contribution in [0.3, 0.4) is 0 Å². The molecular weight excluding hydrogens is 460 g/mol. The summed E-state index contributed by atoms with van der Waals surface area (Å²) in [5, 5.41) is 8.72. The Hall–Kier alpha value is -1.52. The lowest BCUT2D eigenvalue weighted by molar-refractivity contribution is -0.151. The van der Waals surface area contributed by atoms with Crippen LogP contribution in [0.15, 0.2) is 21.9 Å². The van der Waals surface area contributed by atoms with Gasteiger partial charge in [-0.1, -0.05) is 53.2 Å². The van der Waals surface area contributed by atoms with Crippen molar-refractivity contribution in [2.24, 2.45) is 61.0 Å². The first-order valence-electron chi connectivity index (χ1n) is 14.9. The number of Topliss-reactive ketones (excluding diaryl/α,β-unsaturated/α-hetero) is 1. The molecule has 0 unspecified atom stereocenters. The van der Waals surface area contributed by atoms with Crippen molar-refractivity contribution in [1.82, 2.24) is 0 Å². The highest BCUT2D eigenvalue weighted by atomic mass is 16.5. The Morgan fingerprint density at radius 2 is 1.84 bits per heavy atom. The van der Waals surface area contributed by atoms with Crippen LogP contribution < -0.4 is 0 Å². The number of allylic oxidation sites excluding steroid dienone is 2. The molecule has 0 bridgehead atoms. The van der Waals surface area contributed by atoms with E-state index in [0.29, 0.717) is 41.4 Å². The van der Waals surface area contributed by atoms with Crippen molar-refractivity contribution in [3.8, 4) is 0 Å². The molecule has 3 fully saturated rings. The number of nitrogens with zero attached hydrogens (tertiary/aromatic N) is 2. The minimum Gasteiger partial charge on any atom is -0.468 e. The number of azo groups is 1. The topological polar surface area (TPSA) is 68.1 Å². The number of hydrogen-bond donors (Lipinski definition) is 0. The molecular formula is C32H50N2O3. The number of methoxy groups -OCH3 is 1. The van der Waals surface area contributed by atoms with E-state index in [1.807, 2.05) is 6.92 Å². The van der Waals surface area contributed by atoms with Crippen molar-refractivity contribution in [2.45, 2.75) is 112 Å². The van der Waals surface area contributed by atoms with E-state index in [-0.39, 0.29) is 28.3 Å². The van der Waals surface area contributed by atoms with Crippen LogP contribution in [0, 0.1) is 50.7 Å². The van der Waals surface area contributed by atoms with Gasteiger partial charge in [-0.15, -0.1) is 0 Å². The fourth-order valence-electron chi connectivity index (χ4n) is 10.4. The summed E-state index contributed by atoms with van der Waals surface area (Å²) in [6.07, 6.45) is 12.5. The maximum atomic E-state index is 12.9. The Labute approximate surface area is 224 Å². The third-order valence-electron chi connectivity index (χ3n) is 13.2. The summed E-state index contributed by atoms with van der Waals surface area (Å²) < 4.78 is 5.10. The Kier molecular flexibility index (Phi) is 6.40. The van der Waals surface area contributed by atoms with Gasteiger partial charge in [-0.2, -0.15) is 10.2 Å². The third-order valence-corrected chi connectivity index (χ3v) is 13.2. The first kappa shape index (κ1) is 27.1. The van der Waals surface area contributed by atoms with Gasteiger partial charge < -0.3 is 4.74 Å². The van der Waals surface area contributed by atoms with E-state index >= 15 is 0 Å².